The van der Waals surface area contributed by atoms with Gasteiger partial charge in [-0.1, -0.05) is 6.07 Å². The average molecular weight is 769 g/mol. The monoisotopic (exact) mass is 768 g/mol. The van der Waals surface area contributed by atoms with Crippen LogP contribution in [-0.2, 0) is 30.5 Å². The van der Waals surface area contributed by atoms with E-state index in [9.17, 15) is 4.79 Å². The number of fused-ring (bicyclic) bond motifs is 2. The molecule has 4 aromatic rings. The lowest BCUT2D eigenvalue weighted by Gasteiger charge is -2.36. The molecule has 1 atom stereocenters. The summed E-state index contributed by atoms with van der Waals surface area (Å²) in [4.78, 5) is 15.4. The quantitative estimate of drug-likeness (QED) is 0.108. The Labute approximate surface area is 329 Å². The smallest absolute Gasteiger partial charge is 0.203 e. The van der Waals surface area contributed by atoms with Crippen LogP contribution in [-0.4, -0.2) is 95.3 Å². The van der Waals surface area contributed by atoms with Crippen LogP contribution in [0.2, 0.25) is 0 Å². The Hall–Kier alpha value is -5.75. The number of nitrogens with one attached hydrogen (secondary N) is 1. The molecule has 0 radical (unpaired) electrons. The van der Waals surface area contributed by atoms with Crippen LogP contribution in [0, 0.1) is 0 Å². The van der Waals surface area contributed by atoms with E-state index in [-0.39, 0.29) is 6.04 Å². The highest BCUT2D eigenvalue weighted by Crippen LogP contribution is 2.48. The summed E-state index contributed by atoms with van der Waals surface area (Å²) < 4.78 is 52.4. The van der Waals surface area contributed by atoms with Crippen LogP contribution < -0.4 is 47.9 Å². The van der Waals surface area contributed by atoms with Crippen molar-refractivity contribution in [2.75, 3.05) is 84.1 Å². The molecular weight excluding hydrogens is 716 g/mol. The predicted octanol–water partition coefficient (Wildman–Crippen LogP) is 6.34. The molecule has 0 fully saturated rings. The van der Waals surface area contributed by atoms with Crippen LogP contribution in [0.1, 0.15) is 50.5 Å². The first-order valence-corrected chi connectivity index (χ1v) is 18.4. The minimum atomic E-state index is -0.0191. The summed E-state index contributed by atoms with van der Waals surface area (Å²) in [7, 11) is 16.7. The number of carbonyl (C=O) groups excluding carboxylic acids is 1. The molecule has 56 heavy (non-hydrogen) atoms. The molecule has 12 heteroatoms. The second-order valence-corrected chi connectivity index (χ2v) is 13.6. The molecule has 2 aliphatic rings. The summed E-state index contributed by atoms with van der Waals surface area (Å²) >= 11 is 0. The van der Waals surface area contributed by atoms with E-state index in [0.29, 0.717) is 88.0 Å². The van der Waals surface area contributed by atoms with Gasteiger partial charge in [0, 0.05) is 53.4 Å². The van der Waals surface area contributed by atoms with Gasteiger partial charge in [-0.15, -0.1) is 0 Å². The van der Waals surface area contributed by atoms with Crippen LogP contribution in [0.25, 0.3) is 11.3 Å². The first-order chi connectivity index (χ1) is 27.2. The maximum absolute atomic E-state index is 13.0. The van der Waals surface area contributed by atoms with Gasteiger partial charge in [0.25, 0.3) is 0 Å². The highest BCUT2D eigenvalue weighted by Gasteiger charge is 2.32. The van der Waals surface area contributed by atoms with Crippen molar-refractivity contribution in [2.45, 2.75) is 31.7 Å². The molecule has 298 valence electrons. The number of rotatable bonds is 15. The zero-order valence-electron chi connectivity index (χ0n) is 34.0. The number of carbonyl (C=O) groups is 1. The number of allylic oxidation sites excluding steroid dienone is 1. The van der Waals surface area contributed by atoms with Gasteiger partial charge in [-0.3, -0.25) is 9.69 Å². The molecule has 2 heterocycles. The molecule has 0 aromatic heterocycles. The summed E-state index contributed by atoms with van der Waals surface area (Å²) in [5.74, 6) is 5.32. The largest absolute Gasteiger partial charge is 0.493 e. The number of nitrogens with zero attached hydrogens (tertiary/aromatic N) is 1. The van der Waals surface area contributed by atoms with Crippen molar-refractivity contribution in [1.29, 1.82) is 0 Å². The Morgan fingerprint density at radius 3 is 1.88 bits per heavy atom. The summed E-state index contributed by atoms with van der Waals surface area (Å²) in [6, 6.07) is 13.9. The number of benzene rings is 4. The van der Waals surface area contributed by atoms with Gasteiger partial charge >= 0.3 is 0 Å². The zero-order valence-corrected chi connectivity index (χ0v) is 34.0. The third kappa shape index (κ3) is 7.21. The molecular formula is C44H52N2O10. The molecule has 12 nitrogen and oxygen atoms in total. The van der Waals surface area contributed by atoms with Crippen LogP contribution >= 0.6 is 0 Å². The topological polar surface area (TPSA) is 115 Å². The van der Waals surface area contributed by atoms with Gasteiger partial charge in [-0.05, 0) is 85.0 Å². The van der Waals surface area contributed by atoms with Gasteiger partial charge in [0.05, 0.1) is 69.7 Å². The van der Waals surface area contributed by atoms with Crippen LogP contribution in [0.15, 0.2) is 42.5 Å². The fourth-order valence-corrected chi connectivity index (χ4v) is 8.13. The highest BCUT2D eigenvalue weighted by atomic mass is 16.5. The molecule has 0 bridgehead atoms. The van der Waals surface area contributed by atoms with E-state index in [1.807, 2.05) is 30.3 Å². The van der Waals surface area contributed by atoms with E-state index < -0.39 is 0 Å². The number of ether oxygens (including phenoxy) is 9. The molecule has 0 unspecified atom stereocenters. The van der Waals surface area contributed by atoms with E-state index in [2.05, 4.69) is 29.4 Å². The van der Waals surface area contributed by atoms with Crippen molar-refractivity contribution in [1.82, 2.24) is 10.2 Å². The Morgan fingerprint density at radius 2 is 1.27 bits per heavy atom. The number of hydrogen-bond donors (Lipinski definition) is 1. The fourth-order valence-electron chi connectivity index (χ4n) is 8.13. The van der Waals surface area contributed by atoms with E-state index in [0.717, 1.165) is 64.6 Å². The van der Waals surface area contributed by atoms with Crippen molar-refractivity contribution in [3.8, 4) is 51.7 Å². The first-order valence-electron chi connectivity index (χ1n) is 18.4. The van der Waals surface area contributed by atoms with Gasteiger partial charge in [-0.2, -0.15) is 0 Å². The van der Waals surface area contributed by atoms with Gasteiger partial charge < -0.3 is 47.9 Å². The molecule has 6 rings (SSSR count). The second kappa shape index (κ2) is 17.4. The predicted molar refractivity (Wildman–Crippen MR) is 215 cm³/mol. The normalized spacial score (nSPS) is 15.7. The Kier molecular flexibility index (Phi) is 12.4. The van der Waals surface area contributed by atoms with E-state index in [1.165, 1.54) is 0 Å². The third-order valence-corrected chi connectivity index (χ3v) is 10.9. The van der Waals surface area contributed by atoms with Gasteiger partial charge in [0.1, 0.15) is 0 Å². The number of methoxy groups -OCH3 is 9. The summed E-state index contributed by atoms with van der Waals surface area (Å²) in [6.45, 7) is 1.47. The lowest BCUT2D eigenvalue weighted by molar-refractivity contribution is -0.103. The minimum absolute atomic E-state index is 0.0191. The SMILES string of the molecule is COc1cc(Cc2ccc(/C(C=O)=C3/NCCc4cc(OC)c(OC)cc43)c(OC)c2OC)c(C[C@H]2c3cc(OC)c(OC)c(OC)c3CCN2C)cc1OC. The molecule has 4 aromatic carbocycles. The average Bonchev–Trinajstić information content (AvgIpc) is 3.23. The molecule has 0 amide bonds. The van der Waals surface area contributed by atoms with E-state index in [4.69, 9.17) is 42.6 Å². The van der Waals surface area contributed by atoms with Crippen molar-refractivity contribution >= 4 is 17.6 Å². The molecule has 0 saturated heterocycles. The Morgan fingerprint density at radius 1 is 0.661 bits per heavy atom. The minimum Gasteiger partial charge on any atom is -0.493 e. The molecule has 0 aliphatic carbocycles. The number of likely N-dealkylation sites (N-methyl/N-ethyl adjacent to an activating group) is 1. The fraction of sp³-hybridized carbons (Fsp3) is 0.386. The van der Waals surface area contributed by atoms with E-state index >= 15 is 0 Å². The molecule has 2 aliphatic heterocycles. The second-order valence-electron chi connectivity index (χ2n) is 13.6. The first kappa shape index (κ1) is 39.9. The molecule has 0 spiro atoms. The standard InChI is InChI=1S/C44H52N2O10/c1-46-16-14-30-32(23-39(52-6)44(56-10)43(30)55-9)34(46)18-28-21-37(50-4)36(49-3)20-27(28)17-26-11-12-29(42(54-8)41(26)53-7)33(24-47)40-31-22-38(51-5)35(48-2)19-25(31)13-15-45-40/h11-12,19-24,34,45H,13-18H2,1-10H3/b40-33+/t34-/m0/s1. The maximum Gasteiger partial charge on any atom is 0.203 e. The summed E-state index contributed by atoms with van der Waals surface area (Å²) in [6.07, 6.45) is 3.54. The lowest BCUT2D eigenvalue weighted by Crippen LogP contribution is -2.34. The van der Waals surface area contributed by atoms with Gasteiger partial charge in [0.15, 0.2) is 52.3 Å². The van der Waals surface area contributed by atoms with Crippen molar-refractivity contribution in [3.63, 3.8) is 0 Å². The Bertz CT molecular complexity index is 2130. The number of aldehydes is 1. The Balaban J connectivity index is 1.46. The maximum atomic E-state index is 13.0. The van der Waals surface area contributed by atoms with Crippen molar-refractivity contribution in [2.24, 2.45) is 0 Å². The number of hydrogen-bond acceptors (Lipinski definition) is 12. The lowest BCUT2D eigenvalue weighted by atomic mass is 9.85. The molecule has 1 N–H and O–H groups in total. The van der Waals surface area contributed by atoms with E-state index in [1.54, 1.807) is 64.0 Å². The van der Waals surface area contributed by atoms with Crippen LogP contribution in [0.3, 0.4) is 0 Å². The summed E-state index contributed by atoms with van der Waals surface area (Å²) in [5.41, 5.74) is 8.78. The van der Waals surface area contributed by atoms with Crippen LogP contribution in [0.4, 0.5) is 0 Å². The molecule has 0 saturated carbocycles. The van der Waals surface area contributed by atoms with Gasteiger partial charge in [0.2, 0.25) is 5.75 Å². The van der Waals surface area contributed by atoms with Crippen LogP contribution in [0.5, 0.6) is 51.7 Å². The highest BCUT2D eigenvalue weighted by molar-refractivity contribution is 6.18. The van der Waals surface area contributed by atoms with Crippen molar-refractivity contribution < 1.29 is 47.4 Å². The summed E-state index contributed by atoms with van der Waals surface area (Å²) in [5, 5.41) is 3.46. The van der Waals surface area contributed by atoms with Crippen molar-refractivity contribution in [3.05, 3.63) is 87.0 Å². The van der Waals surface area contributed by atoms with Gasteiger partial charge in [-0.25, -0.2) is 0 Å². The zero-order chi connectivity index (χ0) is 40.1. The third-order valence-electron chi connectivity index (χ3n) is 10.9.